The van der Waals surface area contributed by atoms with Crippen molar-refractivity contribution in [2.45, 2.75) is 19.8 Å². The maximum atomic E-state index is 12.7. The quantitative estimate of drug-likeness (QED) is 0.601. The van der Waals surface area contributed by atoms with Crippen LogP contribution in [-0.2, 0) is 6.42 Å². The summed E-state index contributed by atoms with van der Waals surface area (Å²) in [5.41, 5.74) is 1.06. The highest BCUT2D eigenvalue weighted by atomic mass is 19.1. The van der Waals surface area contributed by atoms with E-state index in [9.17, 15) is 4.39 Å². The summed E-state index contributed by atoms with van der Waals surface area (Å²) in [4.78, 5) is 0. The predicted molar refractivity (Wildman–Crippen MR) is 49.5 cm³/mol. The fourth-order valence-corrected chi connectivity index (χ4v) is 1.11. The molecule has 1 aromatic carbocycles. The van der Waals surface area contributed by atoms with Crippen LogP contribution in [0.1, 0.15) is 18.9 Å². The van der Waals surface area contributed by atoms with Gasteiger partial charge >= 0.3 is 0 Å². The molecule has 0 aliphatic heterocycles. The van der Waals surface area contributed by atoms with E-state index in [4.69, 9.17) is 0 Å². The van der Waals surface area contributed by atoms with Gasteiger partial charge in [0.15, 0.2) is 0 Å². The molecule has 0 bridgehead atoms. The van der Waals surface area contributed by atoms with Crippen LogP contribution in [-0.4, -0.2) is 0 Å². The highest BCUT2D eigenvalue weighted by Gasteiger charge is 1.92. The van der Waals surface area contributed by atoms with Crippen LogP contribution in [0.3, 0.4) is 0 Å². The van der Waals surface area contributed by atoms with E-state index in [1.54, 1.807) is 12.1 Å². The summed E-state index contributed by atoms with van der Waals surface area (Å²) in [6, 6.07) is 6.76. The molecule has 0 aliphatic carbocycles. The minimum Gasteiger partial charge on any atom is -0.207 e. The summed E-state index contributed by atoms with van der Waals surface area (Å²) in [6.45, 7) is 1.99. The van der Waals surface area contributed by atoms with Crippen molar-refractivity contribution in [1.29, 1.82) is 0 Å². The molecular formula is C11H13F. The predicted octanol–water partition coefficient (Wildman–Crippen LogP) is 3.33. The zero-order valence-corrected chi connectivity index (χ0v) is 7.26. The molecular weight excluding hydrogens is 151 g/mol. The molecule has 1 heteroatoms. The molecule has 0 amide bonds. The Balaban J connectivity index is 2.52. The molecule has 0 heterocycles. The first-order chi connectivity index (χ1) is 5.83. The van der Waals surface area contributed by atoms with Gasteiger partial charge < -0.3 is 0 Å². The number of halogens is 1. The lowest BCUT2D eigenvalue weighted by Gasteiger charge is -1.97. The molecule has 0 unspecified atom stereocenters. The van der Waals surface area contributed by atoms with Crippen LogP contribution in [0.25, 0.3) is 0 Å². The summed E-state index contributed by atoms with van der Waals surface area (Å²) in [6.07, 6.45) is 6.01. The van der Waals surface area contributed by atoms with Crippen LogP contribution in [0.5, 0.6) is 0 Å². The summed E-state index contributed by atoms with van der Waals surface area (Å²) >= 11 is 0. The number of aryl methyl sites for hydroxylation is 1. The summed E-state index contributed by atoms with van der Waals surface area (Å²) in [7, 11) is 0. The standard InChI is InChI=1S/C11H13F/c1-2-3-4-6-10-7-5-8-11(12)9-10/h2-3,5,7-9H,4,6H2,1H3/b3-2-. The first kappa shape index (κ1) is 8.98. The minimum absolute atomic E-state index is 0.145. The smallest absolute Gasteiger partial charge is 0.123 e. The summed E-state index contributed by atoms with van der Waals surface area (Å²) in [5.74, 6) is -0.145. The zero-order valence-electron chi connectivity index (χ0n) is 7.26. The van der Waals surface area contributed by atoms with Gasteiger partial charge in [0.05, 0.1) is 0 Å². The van der Waals surface area contributed by atoms with Crippen molar-refractivity contribution in [3.63, 3.8) is 0 Å². The molecule has 0 atom stereocenters. The number of allylic oxidation sites excluding steroid dienone is 2. The molecule has 0 saturated carbocycles. The van der Waals surface area contributed by atoms with Gasteiger partial charge in [-0.25, -0.2) is 4.39 Å². The zero-order chi connectivity index (χ0) is 8.81. The lowest BCUT2D eigenvalue weighted by Crippen LogP contribution is -1.83. The Morgan fingerprint density at radius 3 is 2.92 bits per heavy atom. The van der Waals surface area contributed by atoms with Gasteiger partial charge in [-0.15, -0.1) is 0 Å². The Bertz CT molecular complexity index is 263. The third-order valence-electron chi connectivity index (χ3n) is 1.72. The second kappa shape index (κ2) is 4.70. The third-order valence-corrected chi connectivity index (χ3v) is 1.72. The van der Waals surface area contributed by atoms with Crippen molar-refractivity contribution in [2.75, 3.05) is 0 Å². The van der Waals surface area contributed by atoms with Crippen LogP contribution >= 0.6 is 0 Å². The van der Waals surface area contributed by atoms with Crippen molar-refractivity contribution in [1.82, 2.24) is 0 Å². The van der Waals surface area contributed by atoms with Crippen molar-refractivity contribution in [2.24, 2.45) is 0 Å². The summed E-state index contributed by atoms with van der Waals surface area (Å²) in [5, 5.41) is 0. The number of benzene rings is 1. The lowest BCUT2D eigenvalue weighted by atomic mass is 10.1. The fraction of sp³-hybridized carbons (Fsp3) is 0.273. The average molecular weight is 164 g/mol. The molecule has 1 aromatic rings. The molecule has 0 spiro atoms. The second-order valence-electron chi connectivity index (χ2n) is 2.74. The van der Waals surface area contributed by atoms with Crippen LogP contribution in [0.15, 0.2) is 36.4 Å². The molecule has 12 heavy (non-hydrogen) atoms. The van der Waals surface area contributed by atoms with E-state index in [1.165, 1.54) is 6.07 Å². The highest BCUT2D eigenvalue weighted by Crippen LogP contribution is 2.06. The Morgan fingerprint density at radius 2 is 2.25 bits per heavy atom. The molecule has 0 aliphatic rings. The van der Waals surface area contributed by atoms with E-state index >= 15 is 0 Å². The van der Waals surface area contributed by atoms with E-state index in [0.717, 1.165) is 18.4 Å². The number of hydrogen-bond donors (Lipinski definition) is 0. The van der Waals surface area contributed by atoms with E-state index in [1.807, 2.05) is 19.1 Å². The first-order valence-corrected chi connectivity index (χ1v) is 4.18. The van der Waals surface area contributed by atoms with Gasteiger partial charge in [0.1, 0.15) is 5.82 Å². The third kappa shape index (κ3) is 2.87. The van der Waals surface area contributed by atoms with E-state index in [2.05, 4.69) is 6.08 Å². The Labute approximate surface area is 72.7 Å². The Kier molecular flexibility index (Phi) is 3.52. The van der Waals surface area contributed by atoms with Crippen molar-refractivity contribution < 1.29 is 4.39 Å². The van der Waals surface area contributed by atoms with Gasteiger partial charge in [0.2, 0.25) is 0 Å². The topological polar surface area (TPSA) is 0 Å². The Morgan fingerprint density at radius 1 is 1.42 bits per heavy atom. The second-order valence-corrected chi connectivity index (χ2v) is 2.74. The van der Waals surface area contributed by atoms with E-state index in [0.29, 0.717) is 0 Å². The monoisotopic (exact) mass is 164 g/mol. The van der Waals surface area contributed by atoms with Gasteiger partial charge in [-0.05, 0) is 37.5 Å². The van der Waals surface area contributed by atoms with Gasteiger partial charge in [-0.2, -0.15) is 0 Å². The SMILES string of the molecule is C/C=C\CCc1cccc(F)c1. The fourth-order valence-electron chi connectivity index (χ4n) is 1.11. The molecule has 0 saturated heterocycles. The molecule has 0 aromatic heterocycles. The van der Waals surface area contributed by atoms with Crippen molar-refractivity contribution in [3.05, 3.63) is 47.8 Å². The maximum absolute atomic E-state index is 12.7. The number of rotatable bonds is 3. The van der Waals surface area contributed by atoms with Crippen molar-refractivity contribution in [3.8, 4) is 0 Å². The maximum Gasteiger partial charge on any atom is 0.123 e. The van der Waals surface area contributed by atoms with Gasteiger partial charge in [-0.3, -0.25) is 0 Å². The molecule has 0 N–H and O–H groups in total. The Hall–Kier alpha value is -1.11. The van der Waals surface area contributed by atoms with Crippen LogP contribution in [0.2, 0.25) is 0 Å². The highest BCUT2D eigenvalue weighted by molar-refractivity contribution is 5.16. The minimum atomic E-state index is -0.145. The normalized spacial score (nSPS) is 10.8. The molecule has 0 nitrogen and oxygen atoms in total. The molecule has 0 fully saturated rings. The van der Waals surface area contributed by atoms with Gasteiger partial charge in [-0.1, -0.05) is 24.3 Å². The molecule has 1 rings (SSSR count). The van der Waals surface area contributed by atoms with Crippen LogP contribution < -0.4 is 0 Å². The largest absolute Gasteiger partial charge is 0.207 e. The van der Waals surface area contributed by atoms with Gasteiger partial charge in [0, 0.05) is 0 Å². The van der Waals surface area contributed by atoms with Crippen molar-refractivity contribution >= 4 is 0 Å². The van der Waals surface area contributed by atoms with Gasteiger partial charge in [0.25, 0.3) is 0 Å². The molecule has 0 radical (unpaired) electrons. The van der Waals surface area contributed by atoms with E-state index < -0.39 is 0 Å². The summed E-state index contributed by atoms with van der Waals surface area (Å²) < 4.78 is 12.7. The average Bonchev–Trinajstić information content (AvgIpc) is 2.05. The first-order valence-electron chi connectivity index (χ1n) is 4.18. The molecule has 64 valence electrons. The number of hydrogen-bond acceptors (Lipinski definition) is 0. The van der Waals surface area contributed by atoms with Crippen LogP contribution in [0, 0.1) is 5.82 Å². The van der Waals surface area contributed by atoms with E-state index in [-0.39, 0.29) is 5.82 Å². The lowest BCUT2D eigenvalue weighted by molar-refractivity contribution is 0.625. The van der Waals surface area contributed by atoms with Crippen LogP contribution in [0.4, 0.5) is 4.39 Å².